The van der Waals surface area contributed by atoms with E-state index in [1.54, 1.807) is 6.07 Å². The Morgan fingerprint density at radius 3 is 2.00 bits per heavy atom. The van der Waals surface area contributed by atoms with Gasteiger partial charge in [0.05, 0.1) is 0 Å². The van der Waals surface area contributed by atoms with E-state index >= 15 is 0 Å². The number of nitrogens with zero attached hydrogens (tertiary/aromatic N) is 4. The third kappa shape index (κ3) is 1.72. The monoisotopic (exact) mass is 262 g/mol. The lowest BCUT2D eigenvalue weighted by Gasteiger charge is -1.89. The molecule has 4 nitrogen and oxygen atoms in total. The fraction of sp³-hybridized carbons (Fsp3) is 0. The van der Waals surface area contributed by atoms with Gasteiger partial charge in [0, 0.05) is 0 Å². The Kier molecular flexibility index (Phi) is 2.29. The van der Waals surface area contributed by atoms with Gasteiger partial charge >= 0.3 is 0 Å². The van der Waals surface area contributed by atoms with E-state index in [1.165, 1.54) is 0 Å². The summed E-state index contributed by atoms with van der Waals surface area (Å²) in [5.74, 6) is 0.0914. The Morgan fingerprint density at radius 1 is 1.10 bits per heavy atom. The van der Waals surface area contributed by atoms with E-state index in [0.29, 0.717) is 9.47 Å². The minimum Gasteiger partial charge on any atom is -0.195 e. The first-order valence-corrected chi connectivity index (χ1v) is 3.78. The van der Waals surface area contributed by atoms with Crippen LogP contribution in [-0.4, -0.2) is 15.0 Å². The van der Waals surface area contributed by atoms with Crippen molar-refractivity contribution in [3.8, 4) is 6.07 Å². The highest BCUT2D eigenvalue weighted by atomic mass is 79.9. The largest absolute Gasteiger partial charge is 0.237 e. The zero-order valence-corrected chi connectivity index (χ0v) is 7.72. The Balaban J connectivity index is 3.22. The fourth-order valence-corrected chi connectivity index (χ4v) is 1.29. The molecule has 0 aliphatic rings. The number of nitriles is 1. The van der Waals surface area contributed by atoms with Crippen molar-refractivity contribution in [1.82, 2.24) is 15.0 Å². The first-order valence-electron chi connectivity index (χ1n) is 2.19. The highest BCUT2D eigenvalue weighted by Gasteiger charge is 1.98. The van der Waals surface area contributed by atoms with E-state index in [0.717, 1.165) is 0 Å². The average molecular weight is 264 g/mol. The molecule has 0 aliphatic heterocycles. The molecule has 0 unspecified atom stereocenters. The summed E-state index contributed by atoms with van der Waals surface area (Å²) in [6.45, 7) is 0. The second-order valence-electron chi connectivity index (χ2n) is 1.31. The van der Waals surface area contributed by atoms with Crippen LogP contribution in [0, 0.1) is 11.3 Å². The first kappa shape index (κ1) is 7.57. The van der Waals surface area contributed by atoms with Gasteiger partial charge in [-0.3, -0.25) is 0 Å². The molecule has 0 aliphatic carbocycles. The Bertz CT molecular complexity index is 272. The van der Waals surface area contributed by atoms with Crippen molar-refractivity contribution < 1.29 is 0 Å². The molecule has 1 aromatic rings. The molecule has 0 spiro atoms. The molecule has 0 bridgehead atoms. The topological polar surface area (TPSA) is 62.5 Å². The predicted octanol–water partition coefficient (Wildman–Crippen LogP) is 1.27. The van der Waals surface area contributed by atoms with Gasteiger partial charge in [0.1, 0.15) is 6.07 Å². The van der Waals surface area contributed by atoms with Gasteiger partial charge in [-0.15, -0.1) is 0 Å². The van der Waals surface area contributed by atoms with Crippen molar-refractivity contribution in [2.45, 2.75) is 0 Å². The van der Waals surface area contributed by atoms with Gasteiger partial charge in [0.15, 0.2) is 0 Å². The molecule has 0 N–H and O–H groups in total. The smallest absolute Gasteiger partial charge is 0.195 e. The van der Waals surface area contributed by atoms with Crippen LogP contribution in [0.1, 0.15) is 5.82 Å². The Hall–Kier alpha value is -0.540. The van der Waals surface area contributed by atoms with E-state index in [-0.39, 0.29) is 5.82 Å². The van der Waals surface area contributed by atoms with Gasteiger partial charge in [0.2, 0.25) is 15.3 Å². The fourth-order valence-electron chi connectivity index (χ4n) is 0.376. The Labute approximate surface area is 73.6 Å². The van der Waals surface area contributed by atoms with Crippen LogP contribution in [0.3, 0.4) is 0 Å². The third-order valence-electron chi connectivity index (χ3n) is 0.681. The summed E-state index contributed by atoms with van der Waals surface area (Å²) in [4.78, 5) is 11.1. The second-order valence-corrected chi connectivity index (χ2v) is 2.73. The molecule has 0 aromatic carbocycles. The molecule has 0 fully saturated rings. The number of aromatic nitrogens is 3. The molecule has 0 radical (unpaired) electrons. The highest BCUT2D eigenvalue weighted by Crippen LogP contribution is 2.06. The SMILES string of the molecule is N#Cc1nc(Br)nc(Br)n1. The van der Waals surface area contributed by atoms with Crippen LogP contribution in [0.5, 0.6) is 0 Å². The third-order valence-corrected chi connectivity index (χ3v) is 1.39. The van der Waals surface area contributed by atoms with E-state index < -0.39 is 0 Å². The highest BCUT2D eigenvalue weighted by molar-refractivity contribution is 9.11. The van der Waals surface area contributed by atoms with Crippen molar-refractivity contribution in [3.05, 3.63) is 15.3 Å². The predicted molar refractivity (Wildman–Crippen MR) is 39.9 cm³/mol. The number of halogens is 2. The van der Waals surface area contributed by atoms with Crippen molar-refractivity contribution >= 4 is 31.9 Å². The average Bonchev–Trinajstić information content (AvgIpc) is 1.85. The molecule has 1 heterocycles. The summed E-state index contributed by atoms with van der Waals surface area (Å²) in [7, 11) is 0. The summed E-state index contributed by atoms with van der Waals surface area (Å²) in [5.41, 5.74) is 0. The van der Waals surface area contributed by atoms with Crippen molar-refractivity contribution in [1.29, 1.82) is 5.26 Å². The summed E-state index contributed by atoms with van der Waals surface area (Å²) in [6, 6.07) is 1.79. The quantitative estimate of drug-likeness (QED) is 0.707. The van der Waals surface area contributed by atoms with Gasteiger partial charge in [-0.25, -0.2) is 0 Å². The molecule has 6 heteroatoms. The lowest BCUT2D eigenvalue weighted by Crippen LogP contribution is -1.93. The van der Waals surface area contributed by atoms with E-state index in [4.69, 9.17) is 5.26 Å². The summed E-state index contributed by atoms with van der Waals surface area (Å²) < 4.78 is 0.705. The van der Waals surface area contributed by atoms with Gasteiger partial charge < -0.3 is 0 Å². The van der Waals surface area contributed by atoms with Gasteiger partial charge in [-0.2, -0.15) is 20.2 Å². The summed E-state index contributed by atoms with van der Waals surface area (Å²) >= 11 is 6.02. The van der Waals surface area contributed by atoms with Crippen LogP contribution in [0.25, 0.3) is 0 Å². The van der Waals surface area contributed by atoms with Crippen LogP contribution in [0.4, 0.5) is 0 Å². The second kappa shape index (κ2) is 3.03. The molecular formula is C4Br2N4. The maximum atomic E-state index is 8.34. The molecule has 0 saturated heterocycles. The normalized spacial score (nSPS) is 8.90. The molecule has 10 heavy (non-hydrogen) atoms. The van der Waals surface area contributed by atoms with Crippen molar-refractivity contribution in [3.63, 3.8) is 0 Å². The maximum Gasteiger partial charge on any atom is 0.237 e. The molecule has 1 rings (SSSR count). The number of hydrogen-bond donors (Lipinski definition) is 0. The summed E-state index contributed by atoms with van der Waals surface area (Å²) in [5, 5.41) is 8.34. The molecular weight excluding hydrogens is 264 g/mol. The first-order chi connectivity index (χ1) is 4.72. The van der Waals surface area contributed by atoms with Crippen molar-refractivity contribution in [2.75, 3.05) is 0 Å². The number of hydrogen-bond acceptors (Lipinski definition) is 4. The van der Waals surface area contributed by atoms with Crippen LogP contribution in [-0.2, 0) is 0 Å². The minimum absolute atomic E-state index is 0.0914. The number of rotatable bonds is 0. The van der Waals surface area contributed by atoms with E-state index in [1.807, 2.05) is 0 Å². The zero-order valence-electron chi connectivity index (χ0n) is 4.54. The summed E-state index contributed by atoms with van der Waals surface area (Å²) in [6.07, 6.45) is 0. The van der Waals surface area contributed by atoms with Gasteiger partial charge in [-0.1, -0.05) is 0 Å². The lowest BCUT2D eigenvalue weighted by molar-refractivity contribution is 0.949. The van der Waals surface area contributed by atoms with Gasteiger partial charge in [-0.05, 0) is 31.9 Å². The molecule has 0 saturated carbocycles. The molecule has 1 aromatic heterocycles. The molecule has 0 atom stereocenters. The maximum absolute atomic E-state index is 8.34. The molecule has 50 valence electrons. The van der Waals surface area contributed by atoms with Gasteiger partial charge in [0.25, 0.3) is 0 Å². The Morgan fingerprint density at radius 2 is 1.60 bits per heavy atom. The van der Waals surface area contributed by atoms with E-state index in [9.17, 15) is 0 Å². The van der Waals surface area contributed by atoms with Crippen LogP contribution in [0.15, 0.2) is 9.47 Å². The lowest BCUT2D eigenvalue weighted by atomic mass is 10.7. The van der Waals surface area contributed by atoms with Crippen LogP contribution in [0.2, 0.25) is 0 Å². The van der Waals surface area contributed by atoms with Crippen LogP contribution < -0.4 is 0 Å². The zero-order chi connectivity index (χ0) is 7.56. The minimum atomic E-state index is 0.0914. The van der Waals surface area contributed by atoms with Crippen LogP contribution >= 0.6 is 31.9 Å². The molecule has 0 amide bonds. The standard InChI is InChI=1S/C4Br2N4/c5-3-8-2(1-7)9-4(6)10-3. The van der Waals surface area contributed by atoms with E-state index in [2.05, 4.69) is 46.8 Å². The van der Waals surface area contributed by atoms with Crippen molar-refractivity contribution in [2.24, 2.45) is 0 Å².